The average Bonchev–Trinajstić information content (AvgIpc) is 2.86. The van der Waals surface area contributed by atoms with E-state index in [1.807, 2.05) is 25.2 Å². The first kappa shape index (κ1) is 25.4. The molecule has 0 bridgehead atoms. The highest BCUT2D eigenvalue weighted by atomic mass is 79.9. The van der Waals surface area contributed by atoms with Gasteiger partial charge < -0.3 is 14.4 Å². The first-order valence-corrected chi connectivity index (χ1v) is 13.6. The number of rotatable bonds is 5. The monoisotopic (exact) mass is 589 g/mol. The zero-order valence-electron chi connectivity index (χ0n) is 20.1. The first-order chi connectivity index (χ1) is 17.3. The molecule has 0 fully saturated rings. The Bertz CT molecular complexity index is 1290. The van der Waals surface area contributed by atoms with Crippen LogP contribution in [-0.2, 0) is 16.2 Å². The van der Waals surface area contributed by atoms with Crippen LogP contribution in [0.5, 0.6) is 11.5 Å². The summed E-state index contributed by atoms with van der Waals surface area (Å²) in [7, 11) is 3.58. The number of Topliss-reactive ketones (excluding diaryl/α,β-unsaturated/α-hetero) is 2. The SMILES string of the molecule is COc1cc(C2C3=C(CCCC3=O)N(C)C3=C2C(=O)CCC3)cc(Br)c1OCc1ccc(Cl)c(Cl)c1. The molecule has 2 aromatic rings. The van der Waals surface area contributed by atoms with Gasteiger partial charge in [0.05, 0.1) is 21.6 Å². The van der Waals surface area contributed by atoms with Crippen LogP contribution in [0.3, 0.4) is 0 Å². The Morgan fingerprint density at radius 3 is 2.17 bits per heavy atom. The Balaban J connectivity index is 1.57. The number of allylic oxidation sites excluding steroid dienone is 4. The van der Waals surface area contributed by atoms with Crippen LogP contribution in [0.4, 0.5) is 0 Å². The molecule has 0 amide bonds. The smallest absolute Gasteiger partial charge is 0.175 e. The number of halogens is 3. The molecule has 0 radical (unpaired) electrons. The number of methoxy groups -OCH3 is 1. The Kier molecular flexibility index (Phi) is 7.21. The van der Waals surface area contributed by atoms with Gasteiger partial charge in [-0.1, -0.05) is 29.3 Å². The third kappa shape index (κ3) is 4.48. The Morgan fingerprint density at radius 1 is 0.944 bits per heavy atom. The highest BCUT2D eigenvalue weighted by molar-refractivity contribution is 9.10. The van der Waals surface area contributed by atoms with Gasteiger partial charge in [-0.3, -0.25) is 9.59 Å². The van der Waals surface area contributed by atoms with Gasteiger partial charge in [0, 0.05) is 48.3 Å². The normalized spacial score (nSPS) is 18.4. The molecule has 0 N–H and O–H groups in total. The summed E-state index contributed by atoms with van der Waals surface area (Å²) in [6, 6.07) is 9.19. The maximum Gasteiger partial charge on any atom is 0.175 e. The van der Waals surface area contributed by atoms with Crippen molar-refractivity contribution in [3.8, 4) is 11.5 Å². The molecular formula is C28H26BrCl2NO4. The molecule has 0 saturated heterocycles. The summed E-state index contributed by atoms with van der Waals surface area (Å²) in [4.78, 5) is 28.6. The van der Waals surface area contributed by atoms with Gasteiger partial charge in [0.1, 0.15) is 6.61 Å². The Hall–Kier alpha value is -2.28. The minimum atomic E-state index is -0.402. The summed E-state index contributed by atoms with van der Waals surface area (Å²) in [5.41, 5.74) is 5.29. The van der Waals surface area contributed by atoms with Crippen LogP contribution in [0.2, 0.25) is 10.0 Å². The standard InChI is InChI=1S/C28H26BrCl2NO4/c1-32-20-5-3-7-22(33)26(20)25(27-21(32)6-4-8-23(27)34)16-12-17(29)28(24(13-16)35-2)36-14-15-9-10-18(30)19(31)11-15/h9-13,25H,3-8,14H2,1-2H3. The van der Waals surface area contributed by atoms with Crippen LogP contribution in [0, 0.1) is 0 Å². The van der Waals surface area contributed by atoms with Crippen LogP contribution in [-0.4, -0.2) is 30.6 Å². The molecular weight excluding hydrogens is 565 g/mol. The lowest BCUT2D eigenvalue weighted by Gasteiger charge is -2.42. The van der Waals surface area contributed by atoms with Crippen molar-refractivity contribution in [2.24, 2.45) is 0 Å². The van der Waals surface area contributed by atoms with Crippen LogP contribution in [0.15, 0.2) is 57.3 Å². The summed E-state index contributed by atoms with van der Waals surface area (Å²) >= 11 is 15.8. The number of carbonyl (C=O) groups is 2. The zero-order valence-corrected chi connectivity index (χ0v) is 23.2. The van der Waals surface area contributed by atoms with Crippen LogP contribution < -0.4 is 9.47 Å². The van der Waals surface area contributed by atoms with Crippen molar-refractivity contribution in [3.63, 3.8) is 0 Å². The van der Waals surface area contributed by atoms with E-state index in [4.69, 9.17) is 32.7 Å². The quantitative estimate of drug-likeness (QED) is 0.363. The summed E-state index contributed by atoms with van der Waals surface area (Å²) < 4.78 is 12.5. The van der Waals surface area contributed by atoms with Crippen LogP contribution in [0.25, 0.3) is 0 Å². The molecule has 0 atom stereocenters. The third-order valence-electron chi connectivity index (χ3n) is 7.20. The van der Waals surface area contributed by atoms with Crippen LogP contribution >= 0.6 is 39.1 Å². The van der Waals surface area contributed by atoms with E-state index in [0.717, 1.165) is 59.4 Å². The predicted octanol–water partition coefficient (Wildman–Crippen LogP) is 7.39. The predicted molar refractivity (Wildman–Crippen MR) is 144 cm³/mol. The number of benzene rings is 2. The minimum Gasteiger partial charge on any atom is -0.493 e. The molecule has 188 valence electrons. The largest absolute Gasteiger partial charge is 0.493 e. The van der Waals surface area contributed by atoms with Crippen molar-refractivity contribution < 1.29 is 19.1 Å². The molecule has 5 nitrogen and oxygen atoms in total. The molecule has 0 unspecified atom stereocenters. The lowest BCUT2D eigenvalue weighted by molar-refractivity contribution is -0.117. The maximum atomic E-state index is 13.2. The van der Waals surface area contributed by atoms with Gasteiger partial charge in [0.2, 0.25) is 0 Å². The Morgan fingerprint density at radius 2 is 1.58 bits per heavy atom. The van der Waals surface area contributed by atoms with Crippen LogP contribution in [0.1, 0.15) is 55.6 Å². The van der Waals surface area contributed by atoms with Gasteiger partial charge in [-0.15, -0.1) is 0 Å². The molecule has 0 spiro atoms. The molecule has 0 aromatic heterocycles. The van der Waals surface area contributed by atoms with E-state index in [0.29, 0.717) is 38.9 Å². The van der Waals surface area contributed by atoms with Crippen molar-refractivity contribution in [3.05, 3.63) is 78.5 Å². The fourth-order valence-corrected chi connectivity index (χ4v) is 6.41. The van der Waals surface area contributed by atoms with E-state index in [1.54, 1.807) is 19.2 Å². The summed E-state index contributed by atoms with van der Waals surface area (Å²) in [6.45, 7) is 0.265. The molecule has 3 aliphatic rings. The summed E-state index contributed by atoms with van der Waals surface area (Å²) in [5, 5.41) is 0.947. The molecule has 8 heteroatoms. The molecule has 0 saturated carbocycles. The lowest BCUT2D eigenvalue weighted by atomic mass is 9.71. The van der Waals surface area contributed by atoms with Crippen molar-refractivity contribution in [2.45, 2.75) is 51.0 Å². The third-order valence-corrected chi connectivity index (χ3v) is 8.52. The van der Waals surface area contributed by atoms with Gasteiger partial charge in [-0.25, -0.2) is 0 Å². The van der Waals surface area contributed by atoms with Crippen molar-refractivity contribution in [1.29, 1.82) is 0 Å². The van der Waals surface area contributed by atoms with E-state index in [-0.39, 0.29) is 18.2 Å². The van der Waals surface area contributed by atoms with E-state index in [1.165, 1.54) is 0 Å². The van der Waals surface area contributed by atoms with Gasteiger partial charge in [-0.05, 0) is 77.0 Å². The van der Waals surface area contributed by atoms with Gasteiger partial charge >= 0.3 is 0 Å². The van der Waals surface area contributed by atoms with Crippen molar-refractivity contribution >= 4 is 50.7 Å². The number of carbonyl (C=O) groups excluding carboxylic acids is 2. The van der Waals surface area contributed by atoms with E-state index >= 15 is 0 Å². The summed E-state index contributed by atoms with van der Waals surface area (Å²) in [6.07, 6.45) is 4.34. The number of ether oxygens (including phenoxy) is 2. The topological polar surface area (TPSA) is 55.8 Å². The Labute approximate surface area is 229 Å². The molecule has 1 heterocycles. The molecule has 1 aliphatic heterocycles. The summed E-state index contributed by atoms with van der Waals surface area (Å²) in [5.74, 6) is 0.894. The molecule has 5 rings (SSSR count). The number of ketones is 2. The fourth-order valence-electron chi connectivity index (χ4n) is 5.52. The van der Waals surface area contributed by atoms with Gasteiger partial charge in [0.15, 0.2) is 23.1 Å². The number of hydrogen-bond acceptors (Lipinski definition) is 5. The highest BCUT2D eigenvalue weighted by Crippen LogP contribution is 2.50. The molecule has 2 aliphatic carbocycles. The fraction of sp³-hybridized carbons (Fsp3) is 0.357. The average molecular weight is 591 g/mol. The van der Waals surface area contributed by atoms with Gasteiger partial charge in [-0.2, -0.15) is 0 Å². The maximum absolute atomic E-state index is 13.2. The second-order valence-corrected chi connectivity index (χ2v) is 11.0. The second kappa shape index (κ2) is 10.2. The first-order valence-electron chi connectivity index (χ1n) is 12.0. The molecule has 36 heavy (non-hydrogen) atoms. The zero-order chi connectivity index (χ0) is 25.6. The highest BCUT2D eigenvalue weighted by Gasteiger charge is 2.42. The molecule has 2 aromatic carbocycles. The number of hydrogen-bond donors (Lipinski definition) is 0. The van der Waals surface area contributed by atoms with Crippen molar-refractivity contribution in [2.75, 3.05) is 14.2 Å². The van der Waals surface area contributed by atoms with Crippen molar-refractivity contribution in [1.82, 2.24) is 4.90 Å². The minimum absolute atomic E-state index is 0.119. The van der Waals surface area contributed by atoms with E-state index < -0.39 is 5.92 Å². The second-order valence-electron chi connectivity index (χ2n) is 9.34. The lowest BCUT2D eigenvalue weighted by Crippen LogP contribution is -2.37. The van der Waals surface area contributed by atoms with Gasteiger partial charge in [0.25, 0.3) is 0 Å². The van der Waals surface area contributed by atoms with E-state index in [9.17, 15) is 9.59 Å². The van der Waals surface area contributed by atoms with E-state index in [2.05, 4.69) is 20.8 Å². The number of nitrogens with zero attached hydrogens (tertiary/aromatic N) is 1.